The fourth-order valence-corrected chi connectivity index (χ4v) is 2.87. The van der Waals surface area contributed by atoms with Crippen LogP contribution in [-0.4, -0.2) is 42.2 Å². The maximum Gasteiger partial charge on any atom is 0.408 e. The molecule has 3 rings (SSSR count). The lowest BCUT2D eigenvalue weighted by Crippen LogP contribution is -2.49. The van der Waals surface area contributed by atoms with E-state index in [1.165, 1.54) is 4.90 Å². The van der Waals surface area contributed by atoms with Gasteiger partial charge in [0.2, 0.25) is 0 Å². The van der Waals surface area contributed by atoms with Gasteiger partial charge in [-0.2, -0.15) is 13.2 Å². The van der Waals surface area contributed by atoms with Crippen molar-refractivity contribution in [3.8, 4) is 0 Å². The first kappa shape index (κ1) is 13.5. The molecule has 2 heterocycles. The van der Waals surface area contributed by atoms with Gasteiger partial charge in [-0.25, -0.2) is 0 Å². The number of halogens is 3. The highest BCUT2D eigenvalue weighted by atomic mass is 19.4. The molecular weight excluding hydrogens is 267 g/mol. The molecule has 2 aromatic rings. The first-order valence-electron chi connectivity index (χ1n) is 6.65. The average molecular weight is 283 g/mol. The van der Waals surface area contributed by atoms with Crippen LogP contribution in [-0.2, 0) is 0 Å². The second-order valence-corrected chi connectivity index (χ2v) is 5.02. The highest BCUT2D eigenvalue weighted by Crippen LogP contribution is 2.40. The van der Waals surface area contributed by atoms with Crippen molar-refractivity contribution in [2.24, 2.45) is 0 Å². The van der Waals surface area contributed by atoms with E-state index >= 15 is 0 Å². The molecule has 1 aromatic carbocycles. The molecule has 6 heteroatoms. The van der Waals surface area contributed by atoms with Crippen LogP contribution in [0.5, 0.6) is 0 Å². The summed E-state index contributed by atoms with van der Waals surface area (Å²) in [4.78, 5) is 4.48. The number of aromatic nitrogens is 1. The molecule has 0 saturated carbocycles. The number of aromatic amines is 1. The van der Waals surface area contributed by atoms with E-state index in [0.717, 1.165) is 5.52 Å². The third-order valence-corrected chi connectivity index (χ3v) is 3.75. The van der Waals surface area contributed by atoms with Gasteiger partial charge in [0, 0.05) is 43.3 Å². The van der Waals surface area contributed by atoms with E-state index in [0.29, 0.717) is 37.1 Å². The molecule has 1 fully saturated rings. The van der Waals surface area contributed by atoms with Gasteiger partial charge in [0.25, 0.3) is 0 Å². The Labute approximate surface area is 114 Å². The molecule has 108 valence electrons. The molecule has 2 N–H and O–H groups in total. The molecule has 20 heavy (non-hydrogen) atoms. The Morgan fingerprint density at radius 2 is 1.85 bits per heavy atom. The number of nitrogens with zero attached hydrogens (tertiary/aromatic N) is 1. The first-order valence-corrected chi connectivity index (χ1v) is 6.65. The normalized spacial score (nSPS) is 19.4. The third-order valence-electron chi connectivity index (χ3n) is 3.75. The Morgan fingerprint density at radius 1 is 1.10 bits per heavy atom. The summed E-state index contributed by atoms with van der Waals surface area (Å²) in [5.41, 5.74) is 1.07. The summed E-state index contributed by atoms with van der Waals surface area (Å²) in [6.45, 7) is 2.00. The molecule has 0 aliphatic carbocycles. The number of hydrogen-bond donors (Lipinski definition) is 2. The lowest BCUT2D eigenvalue weighted by Gasteiger charge is -2.36. The number of benzene rings is 1. The van der Waals surface area contributed by atoms with Crippen molar-refractivity contribution in [3.05, 3.63) is 36.0 Å². The van der Waals surface area contributed by atoms with Crippen molar-refractivity contribution in [2.45, 2.75) is 12.2 Å². The highest BCUT2D eigenvalue weighted by molar-refractivity contribution is 5.83. The van der Waals surface area contributed by atoms with Crippen molar-refractivity contribution in [3.63, 3.8) is 0 Å². The van der Waals surface area contributed by atoms with Crippen LogP contribution in [0.1, 0.15) is 11.6 Å². The van der Waals surface area contributed by atoms with Crippen LogP contribution in [0.15, 0.2) is 30.5 Å². The number of nitrogens with one attached hydrogen (secondary N) is 2. The lowest BCUT2D eigenvalue weighted by molar-refractivity contribution is -0.187. The first-order chi connectivity index (χ1) is 9.57. The largest absolute Gasteiger partial charge is 0.408 e. The van der Waals surface area contributed by atoms with Gasteiger partial charge in [0.1, 0.15) is 6.04 Å². The molecule has 1 aliphatic heterocycles. The van der Waals surface area contributed by atoms with Crippen LogP contribution in [0, 0.1) is 0 Å². The van der Waals surface area contributed by atoms with E-state index in [-0.39, 0.29) is 0 Å². The van der Waals surface area contributed by atoms with E-state index in [4.69, 9.17) is 0 Å². The van der Waals surface area contributed by atoms with Crippen molar-refractivity contribution in [2.75, 3.05) is 26.2 Å². The van der Waals surface area contributed by atoms with Gasteiger partial charge in [0.05, 0.1) is 0 Å². The lowest BCUT2D eigenvalue weighted by atomic mass is 10.00. The average Bonchev–Trinajstić information content (AvgIpc) is 2.88. The topological polar surface area (TPSA) is 31.1 Å². The zero-order chi connectivity index (χ0) is 14.2. The molecule has 0 bridgehead atoms. The van der Waals surface area contributed by atoms with Gasteiger partial charge in [0.15, 0.2) is 0 Å². The maximum atomic E-state index is 13.6. The van der Waals surface area contributed by atoms with E-state index in [1.54, 1.807) is 30.5 Å². The monoisotopic (exact) mass is 283 g/mol. The minimum atomic E-state index is -4.27. The molecule has 0 unspecified atom stereocenters. The maximum absolute atomic E-state index is 13.6. The number of fused-ring (bicyclic) bond motifs is 1. The second-order valence-electron chi connectivity index (χ2n) is 5.02. The Bertz CT molecular complexity index is 585. The summed E-state index contributed by atoms with van der Waals surface area (Å²) in [5.74, 6) is 0. The van der Waals surface area contributed by atoms with Crippen LogP contribution in [0.4, 0.5) is 13.2 Å². The molecule has 1 atom stereocenters. The van der Waals surface area contributed by atoms with Gasteiger partial charge in [-0.05, 0) is 17.7 Å². The minimum absolute atomic E-state index is 0.332. The van der Waals surface area contributed by atoms with Gasteiger partial charge in [-0.1, -0.05) is 12.1 Å². The Morgan fingerprint density at radius 3 is 2.55 bits per heavy atom. The smallest absolute Gasteiger partial charge is 0.361 e. The van der Waals surface area contributed by atoms with Crippen LogP contribution < -0.4 is 5.32 Å². The zero-order valence-electron chi connectivity index (χ0n) is 10.9. The number of alkyl halides is 3. The molecule has 1 saturated heterocycles. The molecule has 0 radical (unpaired) electrons. The predicted octanol–water partition coefficient (Wildman–Crippen LogP) is 2.68. The van der Waals surface area contributed by atoms with Gasteiger partial charge >= 0.3 is 6.18 Å². The molecular formula is C14H16F3N3. The fourth-order valence-electron chi connectivity index (χ4n) is 2.87. The highest BCUT2D eigenvalue weighted by Gasteiger charge is 2.45. The van der Waals surface area contributed by atoms with Crippen molar-refractivity contribution >= 4 is 10.9 Å². The second kappa shape index (κ2) is 5.10. The number of H-pyrrole nitrogens is 1. The number of hydrogen-bond acceptors (Lipinski definition) is 2. The van der Waals surface area contributed by atoms with E-state index in [9.17, 15) is 13.2 Å². The number of piperazine rings is 1. The summed E-state index contributed by atoms with van der Waals surface area (Å²) in [6.07, 6.45) is -2.59. The number of rotatable bonds is 2. The minimum Gasteiger partial charge on any atom is -0.361 e. The molecule has 1 aromatic heterocycles. The SMILES string of the molecule is FC(F)(F)[C@H](c1cccc2[nH]ccc12)N1CCNCC1. The fraction of sp³-hybridized carbons (Fsp3) is 0.429. The van der Waals surface area contributed by atoms with Gasteiger partial charge in [-0.15, -0.1) is 0 Å². The van der Waals surface area contributed by atoms with E-state index in [1.807, 2.05) is 0 Å². The molecule has 1 aliphatic rings. The third kappa shape index (κ3) is 2.41. The Kier molecular flexibility index (Phi) is 3.43. The molecule has 0 amide bonds. The quantitative estimate of drug-likeness (QED) is 0.888. The Balaban J connectivity index is 2.06. The van der Waals surface area contributed by atoms with Crippen LogP contribution >= 0.6 is 0 Å². The zero-order valence-corrected chi connectivity index (χ0v) is 10.9. The van der Waals surface area contributed by atoms with Crippen molar-refractivity contribution < 1.29 is 13.2 Å². The molecule has 0 spiro atoms. The van der Waals surface area contributed by atoms with E-state index in [2.05, 4.69) is 10.3 Å². The van der Waals surface area contributed by atoms with Crippen LogP contribution in [0.2, 0.25) is 0 Å². The van der Waals surface area contributed by atoms with Crippen molar-refractivity contribution in [1.82, 2.24) is 15.2 Å². The van der Waals surface area contributed by atoms with Gasteiger partial charge < -0.3 is 10.3 Å². The summed E-state index contributed by atoms with van der Waals surface area (Å²) in [7, 11) is 0. The van der Waals surface area contributed by atoms with Crippen LogP contribution in [0.25, 0.3) is 10.9 Å². The summed E-state index contributed by atoms with van der Waals surface area (Å²) in [6, 6.07) is 5.23. The summed E-state index contributed by atoms with van der Waals surface area (Å²) < 4.78 is 40.7. The Hall–Kier alpha value is -1.53. The predicted molar refractivity (Wildman–Crippen MR) is 71.5 cm³/mol. The molecule has 3 nitrogen and oxygen atoms in total. The summed E-state index contributed by atoms with van der Waals surface area (Å²) >= 11 is 0. The standard InChI is InChI=1S/C14H16F3N3/c15-14(16,17)13(20-8-6-18-7-9-20)11-2-1-3-12-10(11)4-5-19-12/h1-5,13,18-19H,6-9H2/t13-/m0/s1. The van der Waals surface area contributed by atoms with Crippen molar-refractivity contribution in [1.29, 1.82) is 0 Å². The van der Waals surface area contributed by atoms with Gasteiger partial charge in [-0.3, -0.25) is 4.90 Å². The summed E-state index contributed by atoms with van der Waals surface area (Å²) in [5, 5.41) is 3.74. The van der Waals surface area contributed by atoms with E-state index < -0.39 is 12.2 Å². The van der Waals surface area contributed by atoms with Crippen LogP contribution in [0.3, 0.4) is 0 Å².